The van der Waals surface area contributed by atoms with E-state index in [0.29, 0.717) is 18.5 Å². The monoisotopic (exact) mass is 446 g/mol. The van der Waals surface area contributed by atoms with Gasteiger partial charge in [0.25, 0.3) is 0 Å². The highest BCUT2D eigenvalue weighted by Gasteiger charge is 2.47. The number of carbonyl (C=O) groups is 2. The Kier molecular flexibility index (Phi) is 7.27. The Balaban J connectivity index is 0.000000207. The molecule has 0 saturated carbocycles. The fourth-order valence-corrected chi connectivity index (χ4v) is 5.73. The van der Waals surface area contributed by atoms with Crippen molar-refractivity contribution in [3.8, 4) is 0 Å². The molecule has 1 amide bonds. The van der Waals surface area contributed by atoms with Crippen molar-refractivity contribution >= 4 is 39.6 Å². The number of likely N-dealkylation sites (N-methyl/N-ethyl adjacent to an activating group) is 1. The normalized spacial score (nSPS) is 26.6. The standard InChI is InChI=1S/C14H16N4OS.C8H16N2O.H2/c1-18-8-2-3-11(18)9(6-8)13(19)17-10-7-20-14-12(10)15-4-5-16-14;1-9-4-6-10(7-5-9)3-2-8-11;/h4-5,7-9,11H,2-3,6H2,1H3,(H,17,19);8H,2-7H2,1H3;1H/t8-,9-,11+;;/m0../s1. The third kappa shape index (κ3) is 5.11. The van der Waals surface area contributed by atoms with Gasteiger partial charge in [0.15, 0.2) is 0 Å². The minimum absolute atomic E-state index is 0. The summed E-state index contributed by atoms with van der Waals surface area (Å²) in [5.41, 5.74) is 1.59. The van der Waals surface area contributed by atoms with Crippen molar-refractivity contribution in [2.24, 2.45) is 5.92 Å². The van der Waals surface area contributed by atoms with Crippen LogP contribution in [-0.4, -0.2) is 95.8 Å². The number of nitrogens with one attached hydrogen (secondary N) is 1. The number of hydrogen-bond acceptors (Lipinski definition) is 8. The number of aromatic nitrogens is 2. The molecule has 8 nitrogen and oxygen atoms in total. The first-order chi connectivity index (χ1) is 15.1. The van der Waals surface area contributed by atoms with E-state index in [4.69, 9.17) is 0 Å². The van der Waals surface area contributed by atoms with Gasteiger partial charge in [-0.2, -0.15) is 0 Å². The molecule has 3 saturated heterocycles. The number of hydrogen-bond donors (Lipinski definition) is 1. The summed E-state index contributed by atoms with van der Waals surface area (Å²) in [7, 11) is 4.28. The van der Waals surface area contributed by atoms with Crippen LogP contribution in [0.2, 0.25) is 0 Å². The van der Waals surface area contributed by atoms with Crippen LogP contribution in [0.4, 0.5) is 5.69 Å². The molecule has 170 valence electrons. The first-order valence-corrected chi connectivity index (χ1v) is 12.0. The second kappa shape index (κ2) is 10.1. The number of rotatable bonds is 5. The second-order valence-electron chi connectivity index (χ2n) is 8.76. The molecule has 2 aromatic heterocycles. The molecule has 3 aliphatic rings. The van der Waals surface area contributed by atoms with Crippen LogP contribution in [0.1, 0.15) is 27.1 Å². The quantitative estimate of drug-likeness (QED) is 0.705. The van der Waals surface area contributed by atoms with E-state index in [1.165, 1.54) is 17.8 Å². The van der Waals surface area contributed by atoms with E-state index in [0.717, 1.165) is 67.9 Å². The van der Waals surface area contributed by atoms with Gasteiger partial charge >= 0.3 is 0 Å². The molecule has 5 rings (SSSR count). The molecular formula is C22H34N6O2S. The Bertz CT molecular complexity index is 903. The maximum Gasteiger partial charge on any atom is 0.229 e. The third-order valence-corrected chi connectivity index (χ3v) is 7.72. The lowest BCUT2D eigenvalue weighted by Crippen LogP contribution is -2.44. The molecule has 0 spiro atoms. The largest absolute Gasteiger partial charge is 0.323 e. The highest BCUT2D eigenvalue weighted by Crippen LogP contribution is 2.41. The number of anilines is 1. The summed E-state index contributed by atoms with van der Waals surface area (Å²) in [5, 5.41) is 4.98. The van der Waals surface area contributed by atoms with Gasteiger partial charge in [-0.05, 0) is 33.4 Å². The Morgan fingerprint density at radius 3 is 2.68 bits per heavy atom. The summed E-state index contributed by atoms with van der Waals surface area (Å²) in [6.45, 7) is 5.45. The Morgan fingerprint density at radius 2 is 2.00 bits per heavy atom. The van der Waals surface area contributed by atoms with Crippen molar-refractivity contribution < 1.29 is 11.0 Å². The molecule has 3 atom stereocenters. The molecule has 31 heavy (non-hydrogen) atoms. The molecule has 2 bridgehead atoms. The molecule has 0 aromatic carbocycles. The lowest BCUT2D eigenvalue weighted by Gasteiger charge is -2.31. The predicted octanol–water partition coefficient (Wildman–Crippen LogP) is 2.18. The van der Waals surface area contributed by atoms with Crippen LogP contribution in [0.5, 0.6) is 0 Å². The highest BCUT2D eigenvalue weighted by molar-refractivity contribution is 7.17. The summed E-state index contributed by atoms with van der Waals surface area (Å²) in [4.78, 5) is 39.0. The Labute approximate surface area is 189 Å². The summed E-state index contributed by atoms with van der Waals surface area (Å²) >= 11 is 1.52. The van der Waals surface area contributed by atoms with Gasteiger partial charge in [-0.3, -0.25) is 9.69 Å². The van der Waals surface area contributed by atoms with E-state index >= 15 is 0 Å². The van der Waals surface area contributed by atoms with Crippen molar-refractivity contribution in [3.63, 3.8) is 0 Å². The number of fused-ring (bicyclic) bond motifs is 3. The van der Waals surface area contributed by atoms with Gasteiger partial charge in [0, 0.05) is 70.4 Å². The average molecular weight is 447 g/mol. The van der Waals surface area contributed by atoms with E-state index < -0.39 is 0 Å². The topological polar surface area (TPSA) is 81.7 Å². The highest BCUT2D eigenvalue weighted by atomic mass is 32.1. The molecular weight excluding hydrogens is 412 g/mol. The zero-order valence-corrected chi connectivity index (χ0v) is 19.2. The predicted molar refractivity (Wildman–Crippen MR) is 125 cm³/mol. The van der Waals surface area contributed by atoms with Crippen molar-refractivity contribution in [2.45, 2.75) is 37.8 Å². The number of carbonyl (C=O) groups excluding carboxylic acids is 2. The van der Waals surface area contributed by atoms with E-state index in [9.17, 15) is 9.59 Å². The second-order valence-corrected chi connectivity index (χ2v) is 9.61. The number of thiophene rings is 1. The lowest BCUT2D eigenvalue weighted by molar-refractivity contribution is -0.120. The molecule has 9 heteroatoms. The molecule has 3 aliphatic heterocycles. The van der Waals surface area contributed by atoms with E-state index in [-0.39, 0.29) is 13.3 Å². The number of amides is 1. The van der Waals surface area contributed by atoms with Crippen LogP contribution in [-0.2, 0) is 9.59 Å². The summed E-state index contributed by atoms with van der Waals surface area (Å²) in [5.74, 6) is 0.250. The fraction of sp³-hybridized carbons (Fsp3) is 0.636. The smallest absolute Gasteiger partial charge is 0.229 e. The zero-order valence-electron chi connectivity index (χ0n) is 18.4. The Morgan fingerprint density at radius 1 is 1.23 bits per heavy atom. The average Bonchev–Trinajstić information content (AvgIpc) is 3.46. The molecule has 0 radical (unpaired) electrons. The maximum atomic E-state index is 12.5. The van der Waals surface area contributed by atoms with Gasteiger partial charge in [0.05, 0.1) is 11.6 Å². The van der Waals surface area contributed by atoms with E-state index in [1.807, 2.05) is 5.38 Å². The molecule has 0 aliphatic carbocycles. The molecule has 1 N–H and O–H groups in total. The number of aldehydes is 1. The van der Waals surface area contributed by atoms with Gasteiger partial charge in [0.1, 0.15) is 16.6 Å². The van der Waals surface area contributed by atoms with E-state index in [1.54, 1.807) is 12.4 Å². The SMILES string of the molecule is CN1CCN(CCC=O)CC1.CN1[C@H]2CC[C@@H]1[C@@H](C(=O)Nc1csc3nccnc13)C2.[HH]. The van der Waals surface area contributed by atoms with E-state index in [2.05, 4.69) is 44.1 Å². The minimum Gasteiger partial charge on any atom is -0.323 e. The van der Waals surface area contributed by atoms with Gasteiger partial charge < -0.3 is 19.9 Å². The van der Waals surface area contributed by atoms with Gasteiger partial charge in [0.2, 0.25) is 5.91 Å². The van der Waals surface area contributed by atoms with Gasteiger partial charge in [-0.15, -0.1) is 11.3 Å². The lowest BCUT2D eigenvalue weighted by atomic mass is 9.88. The summed E-state index contributed by atoms with van der Waals surface area (Å²) in [6.07, 6.45) is 8.38. The van der Waals surface area contributed by atoms with Gasteiger partial charge in [-0.1, -0.05) is 0 Å². The first kappa shape index (κ1) is 22.3. The van der Waals surface area contributed by atoms with Crippen LogP contribution < -0.4 is 5.32 Å². The molecule has 0 unspecified atom stereocenters. The summed E-state index contributed by atoms with van der Waals surface area (Å²) < 4.78 is 0. The van der Waals surface area contributed by atoms with Crippen LogP contribution in [0.15, 0.2) is 17.8 Å². The van der Waals surface area contributed by atoms with Crippen molar-refractivity contribution in [1.82, 2.24) is 24.7 Å². The van der Waals surface area contributed by atoms with Crippen molar-refractivity contribution in [3.05, 3.63) is 17.8 Å². The van der Waals surface area contributed by atoms with Gasteiger partial charge in [-0.25, -0.2) is 9.97 Å². The van der Waals surface area contributed by atoms with Crippen LogP contribution in [0.3, 0.4) is 0 Å². The first-order valence-electron chi connectivity index (χ1n) is 11.1. The number of piperazine rings is 1. The maximum absolute atomic E-state index is 12.5. The van der Waals surface area contributed by atoms with Crippen LogP contribution >= 0.6 is 11.3 Å². The van der Waals surface area contributed by atoms with Crippen LogP contribution in [0.25, 0.3) is 10.3 Å². The number of nitrogens with zero attached hydrogens (tertiary/aromatic N) is 5. The third-order valence-electron chi connectivity index (χ3n) is 6.85. The van der Waals surface area contributed by atoms with Crippen molar-refractivity contribution in [1.29, 1.82) is 0 Å². The van der Waals surface area contributed by atoms with Crippen LogP contribution in [0, 0.1) is 5.92 Å². The molecule has 2 aromatic rings. The minimum atomic E-state index is 0. The molecule has 3 fully saturated rings. The van der Waals surface area contributed by atoms with Crippen molar-refractivity contribution in [2.75, 3.05) is 52.1 Å². The summed E-state index contributed by atoms with van der Waals surface area (Å²) in [6, 6.07) is 1.01. The Hall–Kier alpha value is -1.94. The fourth-order valence-electron chi connectivity index (χ4n) is 4.93. The molecule has 5 heterocycles. The zero-order chi connectivity index (χ0) is 21.8.